The number of hydrogen-bond donors (Lipinski definition) is 2. The van der Waals surface area contributed by atoms with Crippen molar-refractivity contribution in [1.82, 2.24) is 0 Å². The monoisotopic (exact) mass is 214 g/mol. The van der Waals surface area contributed by atoms with E-state index in [-0.39, 0.29) is 24.8 Å². The average Bonchev–Trinajstić information content (AvgIpc) is 2.05. The summed E-state index contributed by atoms with van der Waals surface area (Å²) in [5, 5.41) is 0. The van der Waals surface area contributed by atoms with Crippen LogP contribution in [-0.2, 0) is 0 Å². The van der Waals surface area contributed by atoms with Gasteiger partial charge in [0.05, 0.1) is 0 Å². The molecule has 0 unspecified atom stereocenters. The lowest BCUT2D eigenvalue weighted by Gasteiger charge is -2.26. The molecular formula is C8H20Cl2N2. The third-order valence-corrected chi connectivity index (χ3v) is 2.63. The number of rotatable bonds is 2. The highest BCUT2D eigenvalue weighted by atomic mass is 35.5. The van der Waals surface area contributed by atoms with Crippen LogP contribution in [0.4, 0.5) is 0 Å². The summed E-state index contributed by atoms with van der Waals surface area (Å²) in [6.07, 6.45) is 5.22. The van der Waals surface area contributed by atoms with Gasteiger partial charge in [-0.1, -0.05) is 0 Å². The molecule has 1 rings (SSSR count). The molecule has 0 bridgehead atoms. The maximum Gasteiger partial charge on any atom is -0.00489 e. The second-order valence-corrected chi connectivity index (χ2v) is 3.36. The van der Waals surface area contributed by atoms with Crippen LogP contribution in [0.2, 0.25) is 0 Å². The molecule has 1 aliphatic rings. The molecule has 2 nitrogen and oxygen atoms in total. The molecule has 4 heteroatoms. The molecule has 1 fully saturated rings. The van der Waals surface area contributed by atoms with Crippen molar-refractivity contribution < 1.29 is 0 Å². The largest absolute Gasteiger partial charge is 0.330 e. The van der Waals surface area contributed by atoms with E-state index < -0.39 is 0 Å². The molecule has 0 aromatic rings. The summed E-state index contributed by atoms with van der Waals surface area (Å²) >= 11 is 0. The molecule has 12 heavy (non-hydrogen) atoms. The van der Waals surface area contributed by atoms with E-state index in [1.807, 2.05) is 0 Å². The molecule has 0 aliphatic heterocycles. The van der Waals surface area contributed by atoms with Gasteiger partial charge in [0.15, 0.2) is 0 Å². The summed E-state index contributed by atoms with van der Waals surface area (Å²) < 4.78 is 0. The van der Waals surface area contributed by atoms with Gasteiger partial charge in [0.1, 0.15) is 0 Å². The van der Waals surface area contributed by atoms with Gasteiger partial charge in [-0.05, 0) is 50.6 Å². The fourth-order valence-corrected chi connectivity index (χ4v) is 1.70. The predicted octanol–water partition coefficient (Wildman–Crippen LogP) is 1.55. The minimum absolute atomic E-state index is 0. The van der Waals surface area contributed by atoms with Crippen LogP contribution in [0.5, 0.6) is 0 Å². The maximum atomic E-state index is 5.56. The number of halogens is 2. The summed E-state index contributed by atoms with van der Waals surface area (Å²) in [6.45, 7) is 1.74. The molecule has 0 spiro atoms. The van der Waals surface area contributed by atoms with Crippen LogP contribution in [0.3, 0.4) is 0 Å². The van der Waals surface area contributed by atoms with Crippen LogP contribution < -0.4 is 11.5 Å². The summed E-state index contributed by atoms with van der Waals surface area (Å²) in [5.74, 6) is 1.59. The Morgan fingerprint density at radius 3 is 1.17 bits per heavy atom. The van der Waals surface area contributed by atoms with Crippen molar-refractivity contribution in [3.63, 3.8) is 0 Å². The predicted molar refractivity (Wildman–Crippen MR) is 58.1 cm³/mol. The van der Waals surface area contributed by atoms with E-state index in [1.165, 1.54) is 25.7 Å². The molecule has 1 saturated carbocycles. The van der Waals surface area contributed by atoms with E-state index in [9.17, 15) is 0 Å². The highest BCUT2D eigenvalue weighted by molar-refractivity contribution is 5.85. The van der Waals surface area contributed by atoms with Gasteiger partial charge in [0, 0.05) is 0 Å². The van der Waals surface area contributed by atoms with Crippen molar-refractivity contribution in [2.24, 2.45) is 23.3 Å². The molecule has 0 saturated heterocycles. The van der Waals surface area contributed by atoms with Gasteiger partial charge in [0.2, 0.25) is 0 Å². The van der Waals surface area contributed by atoms with Gasteiger partial charge in [-0.15, -0.1) is 24.8 Å². The minimum Gasteiger partial charge on any atom is -0.330 e. The highest BCUT2D eigenvalue weighted by Gasteiger charge is 2.18. The van der Waals surface area contributed by atoms with Gasteiger partial charge in [-0.3, -0.25) is 0 Å². The molecule has 0 heterocycles. The Morgan fingerprint density at radius 1 is 0.750 bits per heavy atom. The van der Waals surface area contributed by atoms with Crippen LogP contribution in [-0.4, -0.2) is 13.1 Å². The van der Waals surface area contributed by atoms with Crippen LogP contribution >= 0.6 is 24.8 Å². The Balaban J connectivity index is 0. The lowest BCUT2D eigenvalue weighted by Crippen LogP contribution is -2.25. The van der Waals surface area contributed by atoms with E-state index in [1.54, 1.807) is 0 Å². The van der Waals surface area contributed by atoms with Crippen LogP contribution in [0.15, 0.2) is 0 Å². The molecular weight excluding hydrogens is 195 g/mol. The van der Waals surface area contributed by atoms with Crippen LogP contribution in [0.1, 0.15) is 25.7 Å². The first-order chi connectivity index (χ1) is 4.86. The average molecular weight is 215 g/mol. The van der Waals surface area contributed by atoms with Crippen molar-refractivity contribution in [2.75, 3.05) is 13.1 Å². The lowest BCUT2D eigenvalue weighted by atomic mass is 9.82. The van der Waals surface area contributed by atoms with Crippen LogP contribution in [0.25, 0.3) is 0 Å². The normalized spacial score (nSPS) is 28.5. The van der Waals surface area contributed by atoms with Crippen molar-refractivity contribution in [2.45, 2.75) is 25.7 Å². The third-order valence-electron chi connectivity index (χ3n) is 2.63. The van der Waals surface area contributed by atoms with Crippen LogP contribution in [0, 0.1) is 11.8 Å². The van der Waals surface area contributed by atoms with Crippen molar-refractivity contribution in [1.29, 1.82) is 0 Å². The second-order valence-electron chi connectivity index (χ2n) is 3.36. The second kappa shape index (κ2) is 8.11. The van der Waals surface area contributed by atoms with Gasteiger partial charge >= 0.3 is 0 Å². The zero-order chi connectivity index (χ0) is 7.40. The van der Waals surface area contributed by atoms with Gasteiger partial charge in [0.25, 0.3) is 0 Å². The Morgan fingerprint density at radius 2 is 1.00 bits per heavy atom. The molecule has 0 atom stereocenters. The summed E-state index contributed by atoms with van der Waals surface area (Å²) in [6, 6.07) is 0. The van der Waals surface area contributed by atoms with E-state index in [0.29, 0.717) is 0 Å². The summed E-state index contributed by atoms with van der Waals surface area (Å²) in [7, 11) is 0. The summed E-state index contributed by atoms with van der Waals surface area (Å²) in [5.41, 5.74) is 11.1. The van der Waals surface area contributed by atoms with E-state index >= 15 is 0 Å². The molecule has 0 aromatic carbocycles. The third kappa shape index (κ3) is 4.51. The first-order valence-electron chi connectivity index (χ1n) is 4.27. The molecule has 0 aromatic heterocycles. The van der Waals surface area contributed by atoms with Crippen molar-refractivity contribution in [3.8, 4) is 0 Å². The number of nitrogens with two attached hydrogens (primary N) is 2. The standard InChI is InChI=1S/C8H18N2.2ClH/c9-5-7-1-2-8(6-10)4-3-7;;/h7-8H,1-6,9-10H2;2*1H. The van der Waals surface area contributed by atoms with E-state index in [4.69, 9.17) is 11.5 Å². The first-order valence-corrected chi connectivity index (χ1v) is 4.27. The maximum absolute atomic E-state index is 5.56. The fourth-order valence-electron chi connectivity index (χ4n) is 1.70. The quantitative estimate of drug-likeness (QED) is 0.734. The first kappa shape index (κ1) is 15.0. The molecule has 0 amide bonds. The van der Waals surface area contributed by atoms with Crippen molar-refractivity contribution >= 4 is 24.8 Å². The number of hydrogen-bond acceptors (Lipinski definition) is 2. The fraction of sp³-hybridized carbons (Fsp3) is 1.00. The zero-order valence-corrected chi connectivity index (χ0v) is 9.00. The Hall–Kier alpha value is 0.500. The Labute approximate surface area is 87.3 Å². The molecule has 76 valence electrons. The van der Waals surface area contributed by atoms with E-state index in [2.05, 4.69) is 0 Å². The topological polar surface area (TPSA) is 52.0 Å². The Bertz CT molecular complexity index is 81.1. The summed E-state index contributed by atoms with van der Waals surface area (Å²) in [4.78, 5) is 0. The SMILES string of the molecule is Cl.Cl.NCC1CCC(CN)CC1. The zero-order valence-electron chi connectivity index (χ0n) is 7.37. The molecule has 4 N–H and O–H groups in total. The van der Waals surface area contributed by atoms with E-state index in [0.717, 1.165) is 24.9 Å². The molecule has 0 radical (unpaired) electrons. The van der Waals surface area contributed by atoms with Gasteiger partial charge in [-0.25, -0.2) is 0 Å². The van der Waals surface area contributed by atoms with Crippen molar-refractivity contribution in [3.05, 3.63) is 0 Å². The smallest absolute Gasteiger partial charge is 0.00489 e. The van der Waals surface area contributed by atoms with Gasteiger partial charge < -0.3 is 11.5 Å². The Kier molecular flexibility index (Phi) is 10.1. The molecule has 1 aliphatic carbocycles. The minimum atomic E-state index is 0. The lowest BCUT2D eigenvalue weighted by molar-refractivity contribution is 0.285. The highest BCUT2D eigenvalue weighted by Crippen LogP contribution is 2.26. The van der Waals surface area contributed by atoms with Gasteiger partial charge in [-0.2, -0.15) is 0 Å².